The third-order valence-corrected chi connectivity index (χ3v) is 1.17. The van der Waals surface area contributed by atoms with Gasteiger partial charge in [0.15, 0.2) is 5.82 Å². The standard InChI is InChI=1S/C5H10N4O/c1-9(2)3-4(6)8-10-5(3)7/h7H2,1-2H3,(H2,6,8). The van der Waals surface area contributed by atoms with Gasteiger partial charge in [-0.2, -0.15) is 0 Å². The summed E-state index contributed by atoms with van der Waals surface area (Å²) < 4.78 is 4.62. The predicted octanol–water partition coefficient (Wildman–Crippen LogP) is -0.0950. The Kier molecular flexibility index (Phi) is 1.41. The first-order chi connectivity index (χ1) is 4.63. The monoisotopic (exact) mass is 142 g/mol. The van der Waals surface area contributed by atoms with Gasteiger partial charge in [-0.25, -0.2) is 0 Å². The molecule has 0 radical (unpaired) electrons. The van der Waals surface area contributed by atoms with Crippen molar-refractivity contribution >= 4 is 17.4 Å². The number of nitrogens with two attached hydrogens (primary N) is 2. The van der Waals surface area contributed by atoms with Gasteiger partial charge >= 0.3 is 0 Å². The van der Waals surface area contributed by atoms with E-state index in [2.05, 4.69) is 9.68 Å². The molecule has 0 saturated heterocycles. The molecule has 0 aliphatic rings. The van der Waals surface area contributed by atoms with Crippen LogP contribution in [0.15, 0.2) is 4.52 Å². The van der Waals surface area contributed by atoms with E-state index in [1.165, 1.54) is 0 Å². The van der Waals surface area contributed by atoms with Gasteiger partial charge < -0.3 is 20.9 Å². The number of rotatable bonds is 1. The summed E-state index contributed by atoms with van der Waals surface area (Å²) in [7, 11) is 3.64. The van der Waals surface area contributed by atoms with E-state index in [0.29, 0.717) is 11.5 Å². The zero-order valence-corrected chi connectivity index (χ0v) is 5.96. The van der Waals surface area contributed by atoms with Crippen molar-refractivity contribution in [3.05, 3.63) is 0 Å². The Balaban J connectivity index is 3.10. The summed E-state index contributed by atoms with van der Waals surface area (Å²) in [6, 6.07) is 0. The van der Waals surface area contributed by atoms with E-state index in [1.807, 2.05) is 14.1 Å². The molecule has 0 saturated carbocycles. The molecule has 0 bridgehead atoms. The molecule has 1 aromatic rings. The zero-order chi connectivity index (χ0) is 7.72. The van der Waals surface area contributed by atoms with Crippen LogP contribution in [0.3, 0.4) is 0 Å². The fourth-order valence-electron chi connectivity index (χ4n) is 0.761. The van der Waals surface area contributed by atoms with Crippen LogP contribution in [-0.4, -0.2) is 19.3 Å². The molecule has 0 fully saturated rings. The van der Waals surface area contributed by atoms with Gasteiger partial charge in [0.2, 0.25) is 5.88 Å². The van der Waals surface area contributed by atoms with Crippen LogP contribution in [0.25, 0.3) is 0 Å². The molecule has 5 heteroatoms. The van der Waals surface area contributed by atoms with Crippen LogP contribution in [0, 0.1) is 0 Å². The van der Waals surface area contributed by atoms with Crippen molar-refractivity contribution in [3.8, 4) is 0 Å². The molecule has 1 heterocycles. The van der Waals surface area contributed by atoms with Crippen LogP contribution < -0.4 is 16.4 Å². The van der Waals surface area contributed by atoms with Crippen LogP contribution in [-0.2, 0) is 0 Å². The normalized spacial score (nSPS) is 9.80. The quantitative estimate of drug-likeness (QED) is 0.572. The molecule has 0 aromatic carbocycles. The molecule has 4 N–H and O–H groups in total. The fourth-order valence-corrected chi connectivity index (χ4v) is 0.761. The summed E-state index contributed by atoms with van der Waals surface area (Å²) in [6.45, 7) is 0. The average Bonchev–Trinajstić information content (AvgIpc) is 2.11. The van der Waals surface area contributed by atoms with Gasteiger partial charge in [0, 0.05) is 14.1 Å². The van der Waals surface area contributed by atoms with E-state index in [-0.39, 0.29) is 5.88 Å². The minimum absolute atomic E-state index is 0.252. The predicted molar refractivity (Wildman–Crippen MR) is 39.7 cm³/mol. The van der Waals surface area contributed by atoms with E-state index in [9.17, 15) is 0 Å². The molecule has 0 spiro atoms. The maximum atomic E-state index is 5.42. The molecule has 0 aliphatic heterocycles. The number of hydrogen-bond donors (Lipinski definition) is 2. The lowest BCUT2D eigenvalue weighted by Gasteiger charge is -2.08. The van der Waals surface area contributed by atoms with Crippen molar-refractivity contribution in [3.63, 3.8) is 0 Å². The Morgan fingerprint density at radius 1 is 1.40 bits per heavy atom. The van der Waals surface area contributed by atoms with E-state index >= 15 is 0 Å². The molecule has 10 heavy (non-hydrogen) atoms. The minimum Gasteiger partial charge on any atom is -0.379 e. The Bertz CT molecular complexity index is 210. The van der Waals surface area contributed by atoms with Gasteiger partial charge in [0.25, 0.3) is 0 Å². The highest BCUT2D eigenvalue weighted by Gasteiger charge is 2.11. The summed E-state index contributed by atoms with van der Waals surface area (Å²) in [5.41, 5.74) is 11.4. The highest BCUT2D eigenvalue weighted by atomic mass is 16.5. The lowest BCUT2D eigenvalue weighted by Crippen LogP contribution is -2.11. The van der Waals surface area contributed by atoms with Crippen molar-refractivity contribution in [1.82, 2.24) is 5.16 Å². The maximum Gasteiger partial charge on any atom is 0.248 e. The van der Waals surface area contributed by atoms with Crippen LogP contribution >= 0.6 is 0 Å². The Labute approximate surface area is 58.6 Å². The topological polar surface area (TPSA) is 81.3 Å². The third kappa shape index (κ3) is 0.854. The van der Waals surface area contributed by atoms with Gasteiger partial charge in [0.1, 0.15) is 5.69 Å². The molecule has 56 valence electrons. The molecule has 1 aromatic heterocycles. The molecule has 1 rings (SSSR count). The van der Waals surface area contributed by atoms with E-state index in [4.69, 9.17) is 11.5 Å². The number of nitrogen functional groups attached to an aromatic ring is 2. The first-order valence-electron chi connectivity index (χ1n) is 2.81. The third-order valence-electron chi connectivity index (χ3n) is 1.17. The number of nitrogens with zero attached hydrogens (tertiary/aromatic N) is 2. The Morgan fingerprint density at radius 3 is 2.20 bits per heavy atom. The van der Waals surface area contributed by atoms with Crippen molar-refractivity contribution in [2.75, 3.05) is 30.5 Å². The lowest BCUT2D eigenvalue weighted by atomic mass is 10.4. The van der Waals surface area contributed by atoms with Crippen LogP contribution in [0.1, 0.15) is 0 Å². The summed E-state index contributed by atoms with van der Waals surface area (Å²) >= 11 is 0. The van der Waals surface area contributed by atoms with Crippen LogP contribution in [0.2, 0.25) is 0 Å². The largest absolute Gasteiger partial charge is 0.379 e. The van der Waals surface area contributed by atoms with Crippen molar-refractivity contribution in [2.24, 2.45) is 0 Å². The molecule has 0 atom stereocenters. The second kappa shape index (κ2) is 2.09. The summed E-state index contributed by atoms with van der Waals surface area (Å²) in [4.78, 5) is 1.75. The molecule has 0 aliphatic carbocycles. The first kappa shape index (κ1) is 6.73. The van der Waals surface area contributed by atoms with Gasteiger partial charge in [0.05, 0.1) is 0 Å². The second-order valence-corrected chi connectivity index (χ2v) is 2.18. The highest BCUT2D eigenvalue weighted by molar-refractivity contribution is 5.73. The maximum absolute atomic E-state index is 5.42. The first-order valence-corrected chi connectivity index (χ1v) is 2.81. The average molecular weight is 142 g/mol. The lowest BCUT2D eigenvalue weighted by molar-refractivity contribution is 0.440. The molecule has 0 amide bonds. The second-order valence-electron chi connectivity index (χ2n) is 2.18. The van der Waals surface area contributed by atoms with Crippen molar-refractivity contribution < 1.29 is 4.52 Å². The molecule has 0 unspecified atom stereocenters. The van der Waals surface area contributed by atoms with Crippen LogP contribution in [0.4, 0.5) is 17.4 Å². The number of aromatic nitrogens is 1. The zero-order valence-electron chi connectivity index (χ0n) is 5.96. The SMILES string of the molecule is CN(C)c1c(N)noc1N. The Hall–Kier alpha value is -1.39. The summed E-state index contributed by atoms with van der Waals surface area (Å²) in [6.07, 6.45) is 0. The van der Waals surface area contributed by atoms with Crippen molar-refractivity contribution in [1.29, 1.82) is 0 Å². The fraction of sp³-hybridized carbons (Fsp3) is 0.400. The van der Waals surface area contributed by atoms with Gasteiger partial charge in [-0.1, -0.05) is 5.16 Å². The van der Waals surface area contributed by atoms with Gasteiger partial charge in [-0.05, 0) is 0 Å². The van der Waals surface area contributed by atoms with Crippen molar-refractivity contribution in [2.45, 2.75) is 0 Å². The smallest absolute Gasteiger partial charge is 0.248 e. The summed E-state index contributed by atoms with van der Waals surface area (Å²) in [5.74, 6) is 0.574. The van der Waals surface area contributed by atoms with Gasteiger partial charge in [-0.15, -0.1) is 0 Å². The molecule has 5 nitrogen and oxygen atoms in total. The highest BCUT2D eigenvalue weighted by Crippen LogP contribution is 2.26. The van der Waals surface area contributed by atoms with Gasteiger partial charge in [-0.3, -0.25) is 0 Å². The van der Waals surface area contributed by atoms with E-state index < -0.39 is 0 Å². The minimum atomic E-state index is 0.252. The van der Waals surface area contributed by atoms with E-state index in [1.54, 1.807) is 4.90 Å². The Morgan fingerprint density at radius 2 is 2.00 bits per heavy atom. The summed E-state index contributed by atoms with van der Waals surface area (Å²) in [5, 5.41) is 3.47. The number of hydrogen-bond acceptors (Lipinski definition) is 5. The number of anilines is 3. The molecular formula is C5H10N4O. The van der Waals surface area contributed by atoms with Crippen LogP contribution in [0.5, 0.6) is 0 Å². The molecular weight excluding hydrogens is 132 g/mol. The van der Waals surface area contributed by atoms with E-state index in [0.717, 1.165) is 0 Å².